The number of amides is 2. The Morgan fingerprint density at radius 3 is 2.38 bits per heavy atom. The van der Waals surface area contributed by atoms with Gasteiger partial charge in [-0.15, -0.1) is 0 Å². The molecule has 1 aliphatic rings. The van der Waals surface area contributed by atoms with Crippen LogP contribution in [0.5, 0.6) is 0 Å². The Morgan fingerprint density at radius 1 is 1.07 bits per heavy atom. The van der Waals surface area contributed by atoms with Gasteiger partial charge in [0.25, 0.3) is 11.6 Å². The molecule has 2 amide bonds. The third-order valence-corrected chi connectivity index (χ3v) is 5.40. The average Bonchev–Trinajstić information content (AvgIpc) is 2.74. The lowest BCUT2D eigenvalue weighted by molar-refractivity contribution is -0.385. The quantitative estimate of drug-likeness (QED) is 0.586. The molecule has 1 saturated carbocycles. The second-order valence-corrected chi connectivity index (χ2v) is 7.40. The van der Waals surface area contributed by atoms with E-state index in [4.69, 9.17) is 0 Å². The van der Waals surface area contributed by atoms with Crippen LogP contribution in [-0.4, -0.2) is 34.7 Å². The number of hydrogen-bond acceptors (Lipinski definition) is 4. The van der Waals surface area contributed by atoms with Gasteiger partial charge in [0.15, 0.2) is 0 Å². The van der Waals surface area contributed by atoms with E-state index in [9.17, 15) is 19.7 Å². The highest BCUT2D eigenvalue weighted by Crippen LogP contribution is 2.23. The fraction of sp³-hybridized carbons (Fsp3) is 0.364. The lowest BCUT2D eigenvalue weighted by atomic mass is 9.94. The van der Waals surface area contributed by atoms with E-state index < -0.39 is 4.92 Å². The number of nitro benzene ring substituents is 1. The molecule has 7 nitrogen and oxygen atoms in total. The van der Waals surface area contributed by atoms with Crippen LogP contribution in [0.3, 0.4) is 0 Å². The van der Waals surface area contributed by atoms with E-state index >= 15 is 0 Å². The van der Waals surface area contributed by atoms with Gasteiger partial charge >= 0.3 is 0 Å². The van der Waals surface area contributed by atoms with Gasteiger partial charge in [-0.3, -0.25) is 19.7 Å². The summed E-state index contributed by atoms with van der Waals surface area (Å²) in [6.45, 7) is 0. The summed E-state index contributed by atoms with van der Waals surface area (Å²) in [6.07, 6.45) is 5.55. The smallest absolute Gasteiger partial charge is 0.273 e. The number of carbonyl (C=O) groups is 2. The number of benzene rings is 2. The normalized spacial score (nSPS) is 14.2. The van der Waals surface area contributed by atoms with Crippen molar-refractivity contribution in [2.45, 2.75) is 44.6 Å². The number of carbonyl (C=O) groups excluding carboxylic acids is 2. The molecule has 0 bridgehead atoms. The molecule has 152 valence electrons. The molecule has 0 radical (unpaired) electrons. The van der Waals surface area contributed by atoms with Gasteiger partial charge in [-0.25, -0.2) is 0 Å². The first-order valence-corrected chi connectivity index (χ1v) is 9.85. The Bertz CT molecular complexity index is 889. The predicted octanol–water partition coefficient (Wildman–Crippen LogP) is 4.18. The van der Waals surface area contributed by atoms with E-state index in [1.807, 2.05) is 11.9 Å². The number of rotatable bonds is 6. The fourth-order valence-corrected chi connectivity index (χ4v) is 3.75. The summed E-state index contributed by atoms with van der Waals surface area (Å²) >= 11 is 0. The summed E-state index contributed by atoms with van der Waals surface area (Å²) in [7, 11) is 1.85. The van der Waals surface area contributed by atoms with Crippen LogP contribution in [0.2, 0.25) is 0 Å². The van der Waals surface area contributed by atoms with Crippen molar-refractivity contribution < 1.29 is 14.5 Å². The monoisotopic (exact) mass is 395 g/mol. The van der Waals surface area contributed by atoms with Gasteiger partial charge in [-0.2, -0.15) is 0 Å². The Morgan fingerprint density at radius 2 is 1.72 bits per heavy atom. The minimum absolute atomic E-state index is 0.0188. The van der Waals surface area contributed by atoms with Crippen molar-refractivity contribution >= 4 is 23.2 Å². The highest BCUT2D eigenvalue weighted by Gasteiger charge is 2.23. The van der Waals surface area contributed by atoms with E-state index in [0.717, 1.165) is 25.7 Å². The Hall–Kier alpha value is -3.22. The first-order chi connectivity index (χ1) is 14.0. The molecule has 0 atom stereocenters. The van der Waals surface area contributed by atoms with E-state index in [1.165, 1.54) is 12.5 Å². The van der Waals surface area contributed by atoms with Crippen molar-refractivity contribution in [1.82, 2.24) is 4.90 Å². The maximum atomic E-state index is 12.7. The van der Waals surface area contributed by atoms with Crippen LogP contribution in [0.4, 0.5) is 11.4 Å². The van der Waals surface area contributed by atoms with Crippen LogP contribution in [0.15, 0.2) is 48.5 Å². The van der Waals surface area contributed by atoms with Crippen molar-refractivity contribution in [2.24, 2.45) is 0 Å². The second kappa shape index (κ2) is 9.32. The van der Waals surface area contributed by atoms with E-state index in [-0.39, 0.29) is 30.0 Å². The lowest BCUT2D eigenvalue weighted by Gasteiger charge is -2.31. The highest BCUT2D eigenvalue weighted by atomic mass is 16.6. The summed E-state index contributed by atoms with van der Waals surface area (Å²) in [4.78, 5) is 37.4. The Balaban J connectivity index is 1.61. The first-order valence-electron chi connectivity index (χ1n) is 9.85. The molecule has 0 aliphatic heterocycles. The minimum Gasteiger partial charge on any atom is -0.339 e. The zero-order chi connectivity index (χ0) is 20.8. The number of anilines is 1. The Kier molecular flexibility index (Phi) is 6.59. The first kappa shape index (κ1) is 20.5. The Labute approximate surface area is 169 Å². The molecule has 0 aromatic heterocycles. The van der Waals surface area contributed by atoms with Gasteiger partial charge in [0.1, 0.15) is 0 Å². The zero-order valence-electron chi connectivity index (χ0n) is 16.5. The molecular weight excluding hydrogens is 370 g/mol. The number of para-hydroxylation sites is 1. The summed E-state index contributed by atoms with van der Waals surface area (Å²) in [6, 6.07) is 13.2. The van der Waals surface area contributed by atoms with Gasteiger partial charge in [0.05, 0.1) is 11.3 Å². The molecular formula is C22H25N3O4. The zero-order valence-corrected chi connectivity index (χ0v) is 16.5. The van der Waals surface area contributed by atoms with Crippen molar-refractivity contribution in [3.05, 3.63) is 69.8 Å². The summed E-state index contributed by atoms with van der Waals surface area (Å²) in [5, 5.41) is 13.8. The van der Waals surface area contributed by atoms with Crippen LogP contribution >= 0.6 is 0 Å². The minimum atomic E-state index is -0.494. The van der Waals surface area contributed by atoms with Crippen molar-refractivity contribution in [1.29, 1.82) is 0 Å². The van der Waals surface area contributed by atoms with Crippen molar-refractivity contribution in [3.63, 3.8) is 0 Å². The molecule has 29 heavy (non-hydrogen) atoms. The summed E-state index contributed by atoms with van der Waals surface area (Å²) < 4.78 is 0. The number of nitro groups is 1. The molecule has 1 fully saturated rings. The number of nitrogens with zero attached hydrogens (tertiary/aromatic N) is 2. The molecule has 1 N–H and O–H groups in total. The van der Waals surface area contributed by atoms with Gasteiger partial charge < -0.3 is 10.2 Å². The third kappa shape index (κ3) is 5.19. The van der Waals surface area contributed by atoms with Crippen LogP contribution < -0.4 is 5.32 Å². The summed E-state index contributed by atoms with van der Waals surface area (Å²) in [5.41, 5.74) is 1.41. The third-order valence-electron chi connectivity index (χ3n) is 5.40. The maximum Gasteiger partial charge on any atom is 0.273 e. The van der Waals surface area contributed by atoms with Crippen LogP contribution in [0.25, 0.3) is 0 Å². The van der Waals surface area contributed by atoms with Crippen molar-refractivity contribution in [3.8, 4) is 0 Å². The van der Waals surface area contributed by atoms with E-state index in [2.05, 4.69) is 5.32 Å². The van der Waals surface area contributed by atoms with Gasteiger partial charge in [0.2, 0.25) is 5.91 Å². The summed E-state index contributed by atoms with van der Waals surface area (Å²) in [5.74, 6) is -0.368. The molecule has 0 saturated heterocycles. The average molecular weight is 395 g/mol. The van der Waals surface area contributed by atoms with Crippen LogP contribution in [0, 0.1) is 10.1 Å². The molecule has 1 aliphatic carbocycles. The molecule has 7 heteroatoms. The van der Waals surface area contributed by atoms with E-state index in [0.29, 0.717) is 16.8 Å². The maximum absolute atomic E-state index is 12.7. The largest absolute Gasteiger partial charge is 0.339 e. The highest BCUT2D eigenvalue weighted by molar-refractivity contribution is 5.96. The fourth-order valence-electron chi connectivity index (χ4n) is 3.75. The lowest BCUT2D eigenvalue weighted by Crippen LogP contribution is -2.38. The molecule has 3 rings (SSSR count). The van der Waals surface area contributed by atoms with Crippen LogP contribution in [0.1, 0.15) is 48.0 Å². The van der Waals surface area contributed by atoms with Gasteiger partial charge in [0, 0.05) is 36.0 Å². The van der Waals surface area contributed by atoms with Gasteiger partial charge in [-0.05, 0) is 37.1 Å². The number of nitrogens with one attached hydrogen (secondary N) is 1. The van der Waals surface area contributed by atoms with Crippen molar-refractivity contribution in [2.75, 3.05) is 12.4 Å². The van der Waals surface area contributed by atoms with E-state index in [1.54, 1.807) is 42.5 Å². The molecule has 0 spiro atoms. The molecule has 0 heterocycles. The SMILES string of the molecule is CN(C(=O)c1ccc(NC(=O)Cc2ccccc2[N+](=O)[O-])cc1)C1CCCCC1. The predicted molar refractivity (Wildman–Crippen MR) is 111 cm³/mol. The standard InChI is InChI=1S/C22H25N3O4/c1-24(19-8-3-2-4-9-19)22(27)16-11-13-18(14-12-16)23-21(26)15-17-7-5-6-10-20(17)25(28)29/h5-7,10-14,19H,2-4,8-9,15H2,1H3,(H,23,26). The molecule has 2 aromatic carbocycles. The molecule has 0 unspecified atom stereocenters. The number of hydrogen-bond donors (Lipinski definition) is 1. The molecule has 2 aromatic rings. The van der Waals surface area contributed by atoms with Gasteiger partial charge in [-0.1, -0.05) is 37.5 Å². The second-order valence-electron chi connectivity index (χ2n) is 7.40. The topological polar surface area (TPSA) is 92.6 Å². The van der Waals surface area contributed by atoms with Crippen LogP contribution in [-0.2, 0) is 11.2 Å².